The van der Waals surface area contributed by atoms with Gasteiger partial charge in [-0.3, -0.25) is 0 Å². The van der Waals surface area contributed by atoms with Crippen LogP contribution >= 0.6 is 15.9 Å². The van der Waals surface area contributed by atoms with Crippen LogP contribution in [0.4, 0.5) is 4.39 Å². The van der Waals surface area contributed by atoms with Crippen LogP contribution in [-0.4, -0.2) is 6.10 Å². The van der Waals surface area contributed by atoms with Gasteiger partial charge in [-0.2, -0.15) is 5.26 Å². The van der Waals surface area contributed by atoms with Crippen molar-refractivity contribution in [2.24, 2.45) is 0 Å². The Morgan fingerprint density at radius 1 is 1.47 bits per heavy atom. The minimum Gasteiger partial charge on any atom is -0.490 e. The van der Waals surface area contributed by atoms with E-state index in [-0.39, 0.29) is 16.1 Å². The van der Waals surface area contributed by atoms with E-state index in [0.29, 0.717) is 5.75 Å². The van der Waals surface area contributed by atoms with Gasteiger partial charge in [-0.1, -0.05) is 0 Å². The summed E-state index contributed by atoms with van der Waals surface area (Å²) in [6.45, 7) is 0. The minimum atomic E-state index is -0.529. The zero-order valence-electron chi connectivity index (χ0n) is 7.96. The Kier molecular flexibility index (Phi) is 2.92. The molecule has 0 spiro atoms. The largest absolute Gasteiger partial charge is 0.490 e. The number of hydrogen-bond acceptors (Lipinski definition) is 2. The molecule has 1 saturated carbocycles. The number of rotatable bonds is 2. The maximum absolute atomic E-state index is 13.3. The van der Waals surface area contributed by atoms with Gasteiger partial charge in [0.05, 0.1) is 16.1 Å². The summed E-state index contributed by atoms with van der Waals surface area (Å²) in [5.74, 6) is 0.0305. The van der Waals surface area contributed by atoms with Crippen molar-refractivity contribution < 1.29 is 9.13 Å². The summed E-state index contributed by atoms with van der Waals surface area (Å²) in [4.78, 5) is 0. The van der Waals surface area contributed by atoms with Crippen LogP contribution in [0.5, 0.6) is 5.75 Å². The molecule has 1 fully saturated rings. The third-order valence-corrected chi connectivity index (χ3v) is 3.05. The molecule has 78 valence electrons. The van der Waals surface area contributed by atoms with Gasteiger partial charge in [0.25, 0.3) is 0 Å². The number of nitriles is 1. The van der Waals surface area contributed by atoms with Crippen LogP contribution in [0.1, 0.15) is 24.8 Å². The molecule has 2 rings (SSSR count). The van der Waals surface area contributed by atoms with E-state index in [2.05, 4.69) is 15.9 Å². The lowest BCUT2D eigenvalue weighted by atomic mass is 9.96. The van der Waals surface area contributed by atoms with Crippen LogP contribution in [0.25, 0.3) is 0 Å². The monoisotopic (exact) mass is 269 g/mol. The molecule has 1 aliphatic carbocycles. The second-order valence-electron chi connectivity index (χ2n) is 3.55. The van der Waals surface area contributed by atoms with Gasteiger partial charge in [0.15, 0.2) is 5.82 Å². The molecular weight excluding hydrogens is 261 g/mol. The molecule has 0 amide bonds. The molecule has 0 aliphatic heterocycles. The van der Waals surface area contributed by atoms with Crippen molar-refractivity contribution >= 4 is 15.9 Å². The average Bonchev–Trinajstić information content (AvgIpc) is 2.16. The number of benzene rings is 1. The first-order valence-electron chi connectivity index (χ1n) is 4.76. The van der Waals surface area contributed by atoms with Crippen LogP contribution in [-0.2, 0) is 0 Å². The van der Waals surface area contributed by atoms with E-state index in [1.807, 2.05) is 0 Å². The zero-order valence-corrected chi connectivity index (χ0v) is 9.55. The van der Waals surface area contributed by atoms with Crippen molar-refractivity contribution in [3.8, 4) is 11.8 Å². The number of ether oxygens (including phenoxy) is 1. The molecule has 0 bridgehead atoms. The molecular formula is C11H9BrFNO. The number of hydrogen-bond donors (Lipinski definition) is 0. The van der Waals surface area contributed by atoms with Crippen LogP contribution in [0, 0.1) is 17.1 Å². The second kappa shape index (κ2) is 4.19. The Hall–Kier alpha value is -1.08. The summed E-state index contributed by atoms with van der Waals surface area (Å²) in [6, 6.07) is 4.81. The smallest absolute Gasteiger partial charge is 0.155 e. The summed E-state index contributed by atoms with van der Waals surface area (Å²) in [5, 5.41) is 8.71. The third kappa shape index (κ3) is 2.13. The summed E-state index contributed by atoms with van der Waals surface area (Å²) in [5.41, 5.74) is 0.0127. The Bertz CT molecular complexity index is 423. The Morgan fingerprint density at radius 2 is 2.20 bits per heavy atom. The maximum Gasteiger partial charge on any atom is 0.155 e. The molecule has 0 aromatic heterocycles. The molecule has 0 N–H and O–H groups in total. The highest BCUT2D eigenvalue weighted by atomic mass is 79.9. The topological polar surface area (TPSA) is 33.0 Å². The van der Waals surface area contributed by atoms with Crippen molar-refractivity contribution in [1.29, 1.82) is 5.26 Å². The van der Waals surface area contributed by atoms with E-state index in [4.69, 9.17) is 10.00 Å². The summed E-state index contributed by atoms with van der Waals surface area (Å²) >= 11 is 3.06. The van der Waals surface area contributed by atoms with Gasteiger partial charge < -0.3 is 4.74 Å². The van der Waals surface area contributed by atoms with E-state index < -0.39 is 5.82 Å². The highest BCUT2D eigenvalue weighted by molar-refractivity contribution is 9.10. The molecule has 2 nitrogen and oxygen atoms in total. The van der Waals surface area contributed by atoms with Gasteiger partial charge in [0, 0.05) is 6.07 Å². The van der Waals surface area contributed by atoms with Gasteiger partial charge in [-0.25, -0.2) is 4.39 Å². The van der Waals surface area contributed by atoms with Gasteiger partial charge in [0.1, 0.15) is 11.8 Å². The van der Waals surface area contributed by atoms with Crippen molar-refractivity contribution in [3.63, 3.8) is 0 Å². The maximum atomic E-state index is 13.3. The fourth-order valence-electron chi connectivity index (χ4n) is 1.39. The molecule has 4 heteroatoms. The molecule has 1 aromatic rings. The van der Waals surface area contributed by atoms with Crippen molar-refractivity contribution in [2.45, 2.75) is 25.4 Å². The highest BCUT2D eigenvalue weighted by Crippen LogP contribution is 2.29. The van der Waals surface area contributed by atoms with Gasteiger partial charge >= 0.3 is 0 Å². The fraction of sp³-hybridized carbons (Fsp3) is 0.364. The molecule has 1 aliphatic rings. The second-order valence-corrected chi connectivity index (χ2v) is 4.40. The van der Waals surface area contributed by atoms with Crippen molar-refractivity contribution in [1.82, 2.24) is 0 Å². The number of nitrogens with zero attached hydrogens (tertiary/aromatic N) is 1. The lowest BCUT2D eigenvalue weighted by Gasteiger charge is -2.26. The normalized spacial score (nSPS) is 15.5. The van der Waals surface area contributed by atoms with Crippen molar-refractivity contribution in [2.75, 3.05) is 0 Å². The van der Waals surface area contributed by atoms with E-state index in [1.54, 1.807) is 12.1 Å². The fourth-order valence-corrected chi connectivity index (χ4v) is 1.83. The molecule has 1 aromatic carbocycles. The van der Waals surface area contributed by atoms with Crippen LogP contribution in [0.15, 0.2) is 16.6 Å². The quantitative estimate of drug-likeness (QED) is 0.825. The van der Waals surface area contributed by atoms with E-state index >= 15 is 0 Å². The molecule has 0 atom stereocenters. The molecule has 0 saturated heterocycles. The average molecular weight is 270 g/mol. The van der Waals surface area contributed by atoms with Crippen LogP contribution < -0.4 is 4.74 Å². The number of halogens is 2. The molecule has 0 radical (unpaired) electrons. The van der Waals surface area contributed by atoms with E-state index in [1.165, 1.54) is 12.5 Å². The lowest BCUT2D eigenvalue weighted by molar-refractivity contribution is 0.120. The Morgan fingerprint density at radius 3 is 2.73 bits per heavy atom. The van der Waals surface area contributed by atoms with Gasteiger partial charge in [-0.15, -0.1) is 0 Å². The molecule has 15 heavy (non-hydrogen) atoms. The lowest BCUT2D eigenvalue weighted by Crippen LogP contribution is -2.24. The predicted molar refractivity (Wildman–Crippen MR) is 57.1 cm³/mol. The van der Waals surface area contributed by atoms with Gasteiger partial charge in [-0.05, 0) is 41.3 Å². The predicted octanol–water partition coefficient (Wildman–Crippen LogP) is 3.39. The van der Waals surface area contributed by atoms with E-state index in [9.17, 15) is 4.39 Å². The molecule has 0 heterocycles. The SMILES string of the molecule is N#Cc1cc(OC2CCC2)cc(Br)c1F. The Labute approximate surface area is 95.8 Å². The zero-order chi connectivity index (χ0) is 10.8. The third-order valence-electron chi connectivity index (χ3n) is 2.48. The van der Waals surface area contributed by atoms with E-state index in [0.717, 1.165) is 12.8 Å². The first-order valence-corrected chi connectivity index (χ1v) is 5.56. The van der Waals surface area contributed by atoms with Crippen molar-refractivity contribution in [3.05, 3.63) is 28.0 Å². The standard InChI is InChI=1S/C11H9BrFNO/c12-10-5-9(15-8-2-1-3-8)4-7(6-14)11(10)13/h4-5,8H,1-3H2. The molecule has 0 unspecified atom stereocenters. The highest BCUT2D eigenvalue weighted by Gasteiger charge is 2.20. The summed E-state index contributed by atoms with van der Waals surface area (Å²) in [6.07, 6.45) is 3.49. The minimum absolute atomic E-state index is 0.0127. The first-order chi connectivity index (χ1) is 7.20. The summed E-state index contributed by atoms with van der Waals surface area (Å²) in [7, 11) is 0. The van der Waals surface area contributed by atoms with Crippen LogP contribution in [0.3, 0.4) is 0 Å². The summed E-state index contributed by atoms with van der Waals surface area (Å²) < 4.78 is 19.1. The first kappa shape index (κ1) is 10.4. The Balaban J connectivity index is 2.24. The van der Waals surface area contributed by atoms with Gasteiger partial charge in [0.2, 0.25) is 0 Å². The van der Waals surface area contributed by atoms with Crippen LogP contribution in [0.2, 0.25) is 0 Å².